The van der Waals surface area contributed by atoms with Gasteiger partial charge in [-0.3, -0.25) is 19.7 Å². The number of likely N-dealkylation sites (tertiary alicyclic amines) is 1. The monoisotopic (exact) mass is 296 g/mol. The van der Waals surface area contributed by atoms with Crippen molar-refractivity contribution in [3.8, 4) is 0 Å². The minimum Gasteiger partial charge on any atom is -0.353 e. The third-order valence-electron chi connectivity index (χ3n) is 3.99. The van der Waals surface area contributed by atoms with Gasteiger partial charge < -0.3 is 15.5 Å². The van der Waals surface area contributed by atoms with Crippen molar-refractivity contribution in [1.29, 1.82) is 0 Å². The number of hydrogen-bond acceptors (Lipinski definition) is 4. The molecule has 2 aliphatic rings. The first-order valence-corrected chi connectivity index (χ1v) is 7.56. The standard InChI is InChI=1S/C14H24N4O3/c1-9(2)13(20)17-10-3-5-18(6-4-10)14(21)11-7-16-12(19)8-15-11/h9-11,15H,3-8H2,1-2H3,(H,16,19)(H,17,20). The van der Waals surface area contributed by atoms with Crippen LogP contribution in [0, 0.1) is 5.92 Å². The van der Waals surface area contributed by atoms with Gasteiger partial charge in [-0.1, -0.05) is 13.8 Å². The zero-order chi connectivity index (χ0) is 15.4. The molecule has 0 aromatic rings. The first-order chi connectivity index (χ1) is 9.97. The summed E-state index contributed by atoms with van der Waals surface area (Å²) in [5.41, 5.74) is 0. The van der Waals surface area contributed by atoms with Crippen LogP contribution < -0.4 is 16.0 Å². The highest BCUT2D eigenvalue weighted by Gasteiger charge is 2.30. The molecule has 2 heterocycles. The van der Waals surface area contributed by atoms with E-state index in [9.17, 15) is 14.4 Å². The second-order valence-corrected chi connectivity index (χ2v) is 6.00. The Hall–Kier alpha value is -1.63. The van der Waals surface area contributed by atoms with Gasteiger partial charge in [0.05, 0.1) is 6.54 Å². The lowest BCUT2D eigenvalue weighted by Crippen LogP contribution is -2.60. The van der Waals surface area contributed by atoms with Gasteiger partial charge >= 0.3 is 0 Å². The number of carbonyl (C=O) groups excluding carboxylic acids is 3. The fourth-order valence-electron chi connectivity index (χ4n) is 2.57. The molecular formula is C14H24N4O3. The van der Waals surface area contributed by atoms with Gasteiger partial charge in [-0.2, -0.15) is 0 Å². The molecule has 0 bridgehead atoms. The quantitative estimate of drug-likeness (QED) is 0.612. The average molecular weight is 296 g/mol. The highest BCUT2D eigenvalue weighted by atomic mass is 16.2. The van der Waals surface area contributed by atoms with Crippen molar-refractivity contribution < 1.29 is 14.4 Å². The zero-order valence-electron chi connectivity index (χ0n) is 12.6. The molecule has 3 N–H and O–H groups in total. The number of hydrogen-bond donors (Lipinski definition) is 3. The van der Waals surface area contributed by atoms with E-state index in [1.165, 1.54) is 0 Å². The lowest BCUT2D eigenvalue weighted by atomic mass is 10.0. The summed E-state index contributed by atoms with van der Waals surface area (Å²) in [4.78, 5) is 36.9. The van der Waals surface area contributed by atoms with Gasteiger partial charge in [0.2, 0.25) is 17.7 Å². The van der Waals surface area contributed by atoms with Crippen LogP contribution >= 0.6 is 0 Å². The molecule has 3 amide bonds. The molecule has 21 heavy (non-hydrogen) atoms. The Morgan fingerprint density at radius 2 is 1.95 bits per heavy atom. The van der Waals surface area contributed by atoms with Gasteiger partial charge in [0, 0.05) is 31.6 Å². The van der Waals surface area contributed by atoms with Crippen molar-refractivity contribution in [2.75, 3.05) is 26.2 Å². The fraction of sp³-hybridized carbons (Fsp3) is 0.786. The van der Waals surface area contributed by atoms with E-state index in [0.717, 1.165) is 12.8 Å². The molecule has 2 rings (SSSR count). The molecule has 7 nitrogen and oxygen atoms in total. The molecule has 0 spiro atoms. The highest BCUT2D eigenvalue weighted by molar-refractivity contribution is 5.87. The normalized spacial score (nSPS) is 23.9. The van der Waals surface area contributed by atoms with Crippen molar-refractivity contribution in [2.24, 2.45) is 5.92 Å². The molecule has 0 aliphatic carbocycles. The molecule has 2 saturated heterocycles. The number of piperidine rings is 1. The van der Waals surface area contributed by atoms with E-state index >= 15 is 0 Å². The Morgan fingerprint density at radius 3 is 2.48 bits per heavy atom. The molecule has 0 aromatic heterocycles. The molecule has 7 heteroatoms. The Bertz CT molecular complexity index is 406. The van der Waals surface area contributed by atoms with Gasteiger partial charge in [0.25, 0.3) is 0 Å². The molecule has 2 aliphatic heterocycles. The van der Waals surface area contributed by atoms with Gasteiger partial charge in [-0.25, -0.2) is 0 Å². The molecule has 0 saturated carbocycles. The van der Waals surface area contributed by atoms with E-state index in [1.807, 2.05) is 18.7 Å². The number of piperazine rings is 1. The summed E-state index contributed by atoms with van der Waals surface area (Å²) >= 11 is 0. The summed E-state index contributed by atoms with van der Waals surface area (Å²) in [6.45, 7) is 5.58. The van der Waals surface area contributed by atoms with Crippen LogP contribution in [0.15, 0.2) is 0 Å². The van der Waals surface area contributed by atoms with Crippen LogP contribution in [0.4, 0.5) is 0 Å². The van der Waals surface area contributed by atoms with E-state index in [0.29, 0.717) is 19.6 Å². The average Bonchev–Trinajstić information content (AvgIpc) is 2.48. The maximum Gasteiger partial charge on any atom is 0.241 e. The third-order valence-corrected chi connectivity index (χ3v) is 3.99. The Balaban J connectivity index is 1.77. The van der Waals surface area contributed by atoms with E-state index in [1.54, 1.807) is 0 Å². The molecular weight excluding hydrogens is 272 g/mol. The Labute approximate surface area is 124 Å². The maximum absolute atomic E-state index is 12.3. The zero-order valence-corrected chi connectivity index (χ0v) is 12.6. The van der Waals surface area contributed by atoms with Crippen LogP contribution in [0.25, 0.3) is 0 Å². The van der Waals surface area contributed by atoms with Crippen LogP contribution in [-0.2, 0) is 14.4 Å². The van der Waals surface area contributed by atoms with Crippen molar-refractivity contribution in [3.63, 3.8) is 0 Å². The largest absolute Gasteiger partial charge is 0.353 e. The first kappa shape index (κ1) is 15.8. The second-order valence-electron chi connectivity index (χ2n) is 6.00. The minimum atomic E-state index is -0.329. The second kappa shape index (κ2) is 6.89. The topological polar surface area (TPSA) is 90.5 Å². The van der Waals surface area contributed by atoms with E-state index in [2.05, 4.69) is 16.0 Å². The summed E-state index contributed by atoms with van der Waals surface area (Å²) in [5, 5.41) is 8.66. The SMILES string of the molecule is CC(C)C(=O)NC1CCN(C(=O)C2CNC(=O)CN2)CC1. The smallest absolute Gasteiger partial charge is 0.241 e. The summed E-state index contributed by atoms with van der Waals surface area (Å²) < 4.78 is 0. The van der Waals surface area contributed by atoms with Crippen LogP contribution in [0.2, 0.25) is 0 Å². The summed E-state index contributed by atoms with van der Waals surface area (Å²) in [6.07, 6.45) is 1.56. The van der Waals surface area contributed by atoms with Crippen LogP contribution in [0.1, 0.15) is 26.7 Å². The number of rotatable bonds is 3. The molecule has 0 aromatic carbocycles. The predicted molar refractivity (Wildman–Crippen MR) is 77.4 cm³/mol. The van der Waals surface area contributed by atoms with E-state index in [-0.39, 0.29) is 42.3 Å². The van der Waals surface area contributed by atoms with Crippen LogP contribution in [0.3, 0.4) is 0 Å². The van der Waals surface area contributed by atoms with Crippen molar-refractivity contribution in [1.82, 2.24) is 20.9 Å². The van der Waals surface area contributed by atoms with Gasteiger partial charge in [0.1, 0.15) is 6.04 Å². The van der Waals surface area contributed by atoms with Crippen molar-refractivity contribution in [3.05, 3.63) is 0 Å². The molecule has 0 radical (unpaired) electrons. The highest BCUT2D eigenvalue weighted by Crippen LogP contribution is 2.12. The lowest BCUT2D eigenvalue weighted by molar-refractivity contribution is -0.136. The number of carbonyl (C=O) groups is 3. The lowest BCUT2D eigenvalue weighted by Gasteiger charge is -2.35. The van der Waals surface area contributed by atoms with Crippen molar-refractivity contribution in [2.45, 2.75) is 38.8 Å². The molecule has 1 unspecified atom stereocenters. The summed E-state index contributed by atoms with van der Waals surface area (Å²) in [5.74, 6) is 0.00828. The van der Waals surface area contributed by atoms with Gasteiger partial charge in [-0.05, 0) is 12.8 Å². The number of nitrogens with zero attached hydrogens (tertiary/aromatic N) is 1. The predicted octanol–water partition coefficient (Wildman–Crippen LogP) is -1.16. The first-order valence-electron chi connectivity index (χ1n) is 7.56. The summed E-state index contributed by atoms with van der Waals surface area (Å²) in [7, 11) is 0. The van der Waals surface area contributed by atoms with Crippen LogP contribution in [-0.4, -0.2) is 60.9 Å². The van der Waals surface area contributed by atoms with Gasteiger partial charge in [-0.15, -0.1) is 0 Å². The van der Waals surface area contributed by atoms with Crippen molar-refractivity contribution >= 4 is 17.7 Å². The van der Waals surface area contributed by atoms with E-state index in [4.69, 9.17) is 0 Å². The number of nitrogens with one attached hydrogen (secondary N) is 3. The summed E-state index contributed by atoms with van der Waals surface area (Å²) in [6, 6.07) is -0.174. The van der Waals surface area contributed by atoms with E-state index < -0.39 is 0 Å². The van der Waals surface area contributed by atoms with Gasteiger partial charge in [0.15, 0.2) is 0 Å². The molecule has 2 fully saturated rings. The minimum absolute atomic E-state index is 0.0142. The molecule has 118 valence electrons. The molecule has 1 atom stereocenters. The van der Waals surface area contributed by atoms with Crippen LogP contribution in [0.5, 0.6) is 0 Å². The number of amides is 3. The maximum atomic E-state index is 12.3. The Kier molecular flexibility index (Phi) is 5.17. The third kappa shape index (κ3) is 4.17. The Morgan fingerprint density at radius 1 is 1.29 bits per heavy atom. The fourth-order valence-corrected chi connectivity index (χ4v) is 2.57.